The molecule has 1 saturated heterocycles. The molecular weight excluding hydrogens is 372 g/mol. The summed E-state index contributed by atoms with van der Waals surface area (Å²) in [6, 6.07) is 6.57. The van der Waals surface area contributed by atoms with Crippen molar-refractivity contribution in [3.63, 3.8) is 0 Å². The minimum Gasteiger partial charge on any atom is -0.341 e. The molecule has 0 radical (unpaired) electrons. The second-order valence-electron chi connectivity index (χ2n) is 9.73. The normalized spacial score (nSPS) is 34.5. The number of nitrogens with zero attached hydrogens (tertiary/aromatic N) is 1. The number of halogens is 1. The van der Waals surface area contributed by atoms with Gasteiger partial charge in [0.1, 0.15) is 6.04 Å². The van der Waals surface area contributed by atoms with Crippen LogP contribution in [0, 0.1) is 23.2 Å². The number of hydrogen-bond acceptors (Lipinski definition) is 2. The molecule has 1 aliphatic heterocycles. The van der Waals surface area contributed by atoms with Crippen LogP contribution >= 0.6 is 11.6 Å². The molecule has 0 aromatic heterocycles. The van der Waals surface area contributed by atoms with E-state index in [0.717, 1.165) is 62.9 Å². The highest BCUT2D eigenvalue weighted by molar-refractivity contribution is 6.30. The predicted molar refractivity (Wildman–Crippen MR) is 109 cm³/mol. The summed E-state index contributed by atoms with van der Waals surface area (Å²) in [6.07, 6.45) is 9.44. The molecule has 2 amide bonds. The van der Waals surface area contributed by atoms with Gasteiger partial charge in [-0.05, 0) is 93.4 Å². The van der Waals surface area contributed by atoms with Crippen molar-refractivity contribution in [1.29, 1.82) is 0 Å². The molecule has 4 nitrogen and oxygen atoms in total. The Hall–Kier alpha value is -1.55. The van der Waals surface area contributed by atoms with Gasteiger partial charge in [-0.2, -0.15) is 0 Å². The van der Waals surface area contributed by atoms with Crippen molar-refractivity contribution in [3.05, 3.63) is 34.9 Å². The Morgan fingerprint density at radius 1 is 0.964 bits per heavy atom. The molecule has 0 spiro atoms. The van der Waals surface area contributed by atoms with E-state index in [2.05, 4.69) is 5.32 Å². The summed E-state index contributed by atoms with van der Waals surface area (Å²) in [4.78, 5) is 28.6. The molecule has 4 saturated carbocycles. The van der Waals surface area contributed by atoms with Gasteiger partial charge in [-0.25, -0.2) is 0 Å². The van der Waals surface area contributed by atoms with Crippen molar-refractivity contribution < 1.29 is 9.59 Å². The molecular formula is C23H29ClN2O2. The smallest absolute Gasteiger partial charge is 0.251 e. The number of benzene rings is 1. The van der Waals surface area contributed by atoms with Crippen LogP contribution in [0.25, 0.3) is 0 Å². The van der Waals surface area contributed by atoms with Crippen LogP contribution in [0.1, 0.15) is 61.7 Å². The molecule has 1 N–H and O–H groups in total. The Morgan fingerprint density at radius 2 is 1.50 bits per heavy atom. The van der Waals surface area contributed by atoms with Crippen molar-refractivity contribution in [2.24, 2.45) is 23.2 Å². The van der Waals surface area contributed by atoms with Gasteiger partial charge in [0.15, 0.2) is 0 Å². The third-order valence-corrected chi connectivity index (χ3v) is 8.00. The molecule has 1 aromatic carbocycles. The van der Waals surface area contributed by atoms with E-state index in [1.54, 1.807) is 24.3 Å². The Balaban J connectivity index is 1.44. The maximum atomic E-state index is 13.6. The molecule has 4 aliphatic carbocycles. The second kappa shape index (κ2) is 7.05. The van der Waals surface area contributed by atoms with Crippen molar-refractivity contribution in [1.82, 2.24) is 10.2 Å². The number of likely N-dealkylation sites (tertiary alicyclic amines) is 1. The summed E-state index contributed by atoms with van der Waals surface area (Å²) in [5.74, 6) is 2.24. The van der Waals surface area contributed by atoms with Gasteiger partial charge in [-0.1, -0.05) is 11.6 Å². The Labute approximate surface area is 172 Å². The van der Waals surface area contributed by atoms with Crippen molar-refractivity contribution in [2.75, 3.05) is 13.1 Å². The maximum absolute atomic E-state index is 13.6. The van der Waals surface area contributed by atoms with Gasteiger partial charge >= 0.3 is 0 Å². The molecule has 5 fully saturated rings. The van der Waals surface area contributed by atoms with Gasteiger partial charge in [0.05, 0.1) is 0 Å². The largest absolute Gasteiger partial charge is 0.341 e. The number of rotatable bonds is 4. The average Bonchev–Trinajstić information content (AvgIpc) is 3.19. The lowest BCUT2D eigenvalue weighted by atomic mass is 9.47. The van der Waals surface area contributed by atoms with E-state index in [1.807, 2.05) is 4.90 Å². The monoisotopic (exact) mass is 400 g/mol. The van der Waals surface area contributed by atoms with Gasteiger partial charge in [0.25, 0.3) is 5.91 Å². The molecule has 28 heavy (non-hydrogen) atoms. The summed E-state index contributed by atoms with van der Waals surface area (Å²) in [7, 11) is 0. The van der Waals surface area contributed by atoms with E-state index >= 15 is 0 Å². The predicted octanol–water partition coefficient (Wildman–Crippen LogP) is 4.28. The molecule has 1 atom stereocenters. The van der Waals surface area contributed by atoms with Gasteiger partial charge in [0.2, 0.25) is 5.91 Å². The third-order valence-electron chi connectivity index (χ3n) is 7.74. The van der Waals surface area contributed by atoms with E-state index < -0.39 is 0 Å². The number of carbonyl (C=O) groups is 2. The van der Waals surface area contributed by atoms with Crippen LogP contribution in [0.5, 0.6) is 0 Å². The van der Waals surface area contributed by atoms with Crippen molar-refractivity contribution in [3.8, 4) is 0 Å². The van der Waals surface area contributed by atoms with Crippen LogP contribution in [0.4, 0.5) is 0 Å². The fourth-order valence-corrected chi connectivity index (χ4v) is 7.07. The van der Waals surface area contributed by atoms with E-state index in [4.69, 9.17) is 11.6 Å². The maximum Gasteiger partial charge on any atom is 0.251 e. The molecule has 5 heteroatoms. The van der Waals surface area contributed by atoms with Gasteiger partial charge in [-0.3, -0.25) is 9.59 Å². The van der Waals surface area contributed by atoms with E-state index in [9.17, 15) is 9.59 Å². The Morgan fingerprint density at radius 3 is 2.04 bits per heavy atom. The van der Waals surface area contributed by atoms with Crippen LogP contribution in [0.3, 0.4) is 0 Å². The SMILES string of the molecule is O=C(N[C@@H](C(=O)N1CCCC1)C12CC3CC(CC(C3)C1)C2)c1ccc(Cl)cc1. The van der Waals surface area contributed by atoms with E-state index in [0.29, 0.717) is 10.6 Å². The summed E-state index contributed by atoms with van der Waals surface area (Å²) in [5.41, 5.74) is 0.532. The van der Waals surface area contributed by atoms with E-state index in [-0.39, 0.29) is 23.3 Å². The lowest BCUT2D eigenvalue weighted by molar-refractivity contribution is -0.143. The average molecular weight is 401 g/mol. The van der Waals surface area contributed by atoms with Crippen LogP contribution in [-0.4, -0.2) is 35.8 Å². The third kappa shape index (κ3) is 3.24. The summed E-state index contributed by atoms with van der Waals surface area (Å²) >= 11 is 5.98. The fraction of sp³-hybridized carbons (Fsp3) is 0.652. The first-order chi connectivity index (χ1) is 13.5. The van der Waals surface area contributed by atoms with Crippen LogP contribution in [0.2, 0.25) is 5.02 Å². The first kappa shape index (κ1) is 18.5. The minimum absolute atomic E-state index is 0.0451. The summed E-state index contributed by atoms with van der Waals surface area (Å²) in [6.45, 7) is 1.66. The quantitative estimate of drug-likeness (QED) is 0.820. The van der Waals surface area contributed by atoms with Gasteiger partial charge in [-0.15, -0.1) is 0 Å². The summed E-state index contributed by atoms with van der Waals surface area (Å²) < 4.78 is 0. The highest BCUT2D eigenvalue weighted by atomic mass is 35.5. The van der Waals surface area contributed by atoms with Crippen molar-refractivity contribution in [2.45, 2.75) is 57.4 Å². The highest BCUT2D eigenvalue weighted by Gasteiger charge is 2.57. The van der Waals surface area contributed by atoms with Crippen molar-refractivity contribution >= 4 is 23.4 Å². The fourth-order valence-electron chi connectivity index (χ4n) is 6.94. The zero-order valence-electron chi connectivity index (χ0n) is 16.3. The van der Waals surface area contributed by atoms with Crippen LogP contribution in [0.15, 0.2) is 24.3 Å². The lowest BCUT2D eigenvalue weighted by Gasteiger charge is -2.59. The lowest BCUT2D eigenvalue weighted by Crippen LogP contribution is -2.62. The topological polar surface area (TPSA) is 49.4 Å². The highest BCUT2D eigenvalue weighted by Crippen LogP contribution is 2.61. The molecule has 6 rings (SSSR count). The standard InChI is InChI=1S/C23H29ClN2O2/c24-19-5-3-18(4-6-19)21(27)25-20(22(28)26-7-1-2-8-26)23-12-15-9-16(13-23)11-17(10-15)14-23/h3-6,15-17,20H,1-2,7-14H2,(H,25,27)/t15?,16?,17?,20-,23?/m0/s1. The zero-order valence-corrected chi connectivity index (χ0v) is 17.1. The van der Waals surface area contributed by atoms with Gasteiger partial charge < -0.3 is 10.2 Å². The number of amides is 2. The zero-order chi connectivity index (χ0) is 19.3. The van der Waals surface area contributed by atoms with Crippen LogP contribution in [-0.2, 0) is 4.79 Å². The number of carbonyl (C=O) groups excluding carboxylic acids is 2. The molecule has 1 aromatic rings. The van der Waals surface area contributed by atoms with Crippen LogP contribution < -0.4 is 5.32 Å². The Bertz CT molecular complexity index is 734. The molecule has 0 unspecified atom stereocenters. The Kier molecular flexibility index (Phi) is 4.65. The molecule has 5 aliphatic rings. The molecule has 4 bridgehead atoms. The number of hydrogen-bond donors (Lipinski definition) is 1. The first-order valence-electron chi connectivity index (χ1n) is 10.9. The molecule has 150 valence electrons. The number of nitrogens with one attached hydrogen (secondary N) is 1. The van der Waals surface area contributed by atoms with E-state index in [1.165, 1.54) is 19.3 Å². The second-order valence-corrected chi connectivity index (χ2v) is 10.2. The first-order valence-corrected chi connectivity index (χ1v) is 11.3. The molecule has 1 heterocycles. The summed E-state index contributed by atoms with van der Waals surface area (Å²) in [5, 5.41) is 3.83. The minimum atomic E-state index is -0.387. The van der Waals surface area contributed by atoms with Gasteiger partial charge in [0, 0.05) is 29.1 Å².